The van der Waals surface area contributed by atoms with Gasteiger partial charge in [0.1, 0.15) is 22.2 Å². The van der Waals surface area contributed by atoms with Crippen molar-refractivity contribution in [3.8, 4) is 22.4 Å². The second-order valence-electron chi connectivity index (χ2n) is 5.98. The summed E-state index contributed by atoms with van der Waals surface area (Å²) in [5, 5.41) is 3.64. The zero-order chi connectivity index (χ0) is 19.9. The smallest absolute Gasteiger partial charge is 0.298 e. The van der Waals surface area contributed by atoms with Crippen molar-refractivity contribution >= 4 is 9.84 Å². The van der Waals surface area contributed by atoms with Crippen LogP contribution in [0.25, 0.3) is 22.4 Å². The van der Waals surface area contributed by atoms with E-state index < -0.39 is 38.6 Å². The molecule has 0 fully saturated rings. The van der Waals surface area contributed by atoms with Crippen molar-refractivity contribution in [2.45, 2.75) is 18.2 Å². The summed E-state index contributed by atoms with van der Waals surface area (Å²) < 4.78 is 83.1. The highest BCUT2D eigenvalue weighted by atomic mass is 32.2. The van der Waals surface area contributed by atoms with Gasteiger partial charge in [-0.3, -0.25) is 0 Å². The van der Waals surface area contributed by atoms with Gasteiger partial charge >= 0.3 is 0 Å². The lowest BCUT2D eigenvalue weighted by molar-refractivity contribution is 0.113. The molecular formula is C18H13F4NO3S. The van der Waals surface area contributed by atoms with Gasteiger partial charge in [-0.25, -0.2) is 26.0 Å². The second kappa shape index (κ2) is 6.80. The van der Waals surface area contributed by atoms with Gasteiger partial charge in [0.2, 0.25) is 5.76 Å². The Bertz CT molecular complexity index is 1100. The molecule has 0 spiro atoms. The minimum absolute atomic E-state index is 0.0279. The van der Waals surface area contributed by atoms with E-state index in [2.05, 4.69) is 5.16 Å². The molecule has 27 heavy (non-hydrogen) atoms. The number of hydrogen-bond donors (Lipinski definition) is 0. The highest BCUT2D eigenvalue weighted by Crippen LogP contribution is 2.40. The first-order valence-corrected chi connectivity index (χ1v) is 9.53. The number of hydrogen-bond acceptors (Lipinski definition) is 4. The number of benzene rings is 2. The van der Waals surface area contributed by atoms with Gasteiger partial charge in [0, 0.05) is 11.8 Å². The molecule has 0 amide bonds. The molecule has 3 aromatic rings. The van der Waals surface area contributed by atoms with Crippen LogP contribution in [0.15, 0.2) is 45.8 Å². The topological polar surface area (TPSA) is 60.2 Å². The van der Waals surface area contributed by atoms with E-state index in [9.17, 15) is 26.0 Å². The van der Waals surface area contributed by atoms with Gasteiger partial charge in [0.15, 0.2) is 9.84 Å². The van der Waals surface area contributed by atoms with Gasteiger partial charge in [0.25, 0.3) is 6.43 Å². The summed E-state index contributed by atoms with van der Waals surface area (Å²) in [6.07, 6.45) is -2.44. The highest BCUT2D eigenvalue weighted by molar-refractivity contribution is 7.90. The van der Waals surface area contributed by atoms with Gasteiger partial charge in [-0.2, -0.15) is 0 Å². The van der Waals surface area contributed by atoms with Crippen LogP contribution >= 0.6 is 0 Å². The molecule has 0 N–H and O–H groups in total. The van der Waals surface area contributed by atoms with Crippen LogP contribution in [0.5, 0.6) is 0 Å². The van der Waals surface area contributed by atoms with Gasteiger partial charge in [-0.1, -0.05) is 28.9 Å². The molecule has 3 rings (SSSR count). The van der Waals surface area contributed by atoms with Crippen LogP contribution in [-0.4, -0.2) is 19.8 Å². The van der Waals surface area contributed by atoms with Crippen LogP contribution in [0.1, 0.15) is 17.7 Å². The summed E-state index contributed by atoms with van der Waals surface area (Å²) in [6, 6.07) is 8.03. The number of rotatable bonds is 4. The van der Waals surface area contributed by atoms with E-state index in [-0.39, 0.29) is 16.8 Å². The Morgan fingerprint density at radius 1 is 1.04 bits per heavy atom. The summed E-state index contributed by atoms with van der Waals surface area (Å²) in [5.41, 5.74) is 0.595. The summed E-state index contributed by atoms with van der Waals surface area (Å²) in [6.45, 7) is 1.78. The van der Waals surface area contributed by atoms with Gasteiger partial charge in [-0.15, -0.1) is 0 Å². The quantitative estimate of drug-likeness (QED) is 0.584. The van der Waals surface area contributed by atoms with Crippen LogP contribution in [0, 0.1) is 18.6 Å². The predicted octanol–water partition coefficient (Wildman–Crippen LogP) is 4.94. The van der Waals surface area contributed by atoms with E-state index in [1.807, 2.05) is 0 Å². The molecule has 0 aliphatic carbocycles. The molecule has 0 unspecified atom stereocenters. The van der Waals surface area contributed by atoms with Crippen molar-refractivity contribution < 1.29 is 30.5 Å². The van der Waals surface area contributed by atoms with E-state index in [0.717, 1.165) is 5.56 Å². The Labute approximate surface area is 152 Å². The Kier molecular flexibility index (Phi) is 4.81. The molecule has 0 aliphatic heterocycles. The summed E-state index contributed by atoms with van der Waals surface area (Å²) in [5.74, 6) is -3.63. The first kappa shape index (κ1) is 19.1. The Morgan fingerprint density at radius 2 is 1.67 bits per heavy atom. The Hall–Kier alpha value is -2.68. The summed E-state index contributed by atoms with van der Waals surface area (Å²) in [4.78, 5) is -1.13. The van der Waals surface area contributed by atoms with E-state index in [4.69, 9.17) is 4.52 Å². The van der Waals surface area contributed by atoms with Crippen LogP contribution in [-0.2, 0) is 9.84 Å². The zero-order valence-electron chi connectivity index (χ0n) is 14.1. The van der Waals surface area contributed by atoms with Crippen LogP contribution < -0.4 is 0 Å². The van der Waals surface area contributed by atoms with Crippen LogP contribution in [0.3, 0.4) is 0 Å². The highest BCUT2D eigenvalue weighted by Gasteiger charge is 2.28. The average Bonchev–Trinajstić information content (AvgIpc) is 2.98. The molecule has 0 bridgehead atoms. The number of aryl methyl sites for hydroxylation is 1. The normalized spacial score (nSPS) is 12.0. The third kappa shape index (κ3) is 3.59. The number of aromatic nitrogens is 1. The fourth-order valence-corrected chi connectivity index (χ4v) is 3.60. The van der Waals surface area contributed by atoms with Crippen molar-refractivity contribution in [3.05, 3.63) is 59.4 Å². The molecule has 1 aromatic heterocycles. The lowest BCUT2D eigenvalue weighted by Crippen LogP contribution is -2.05. The van der Waals surface area contributed by atoms with E-state index in [1.54, 1.807) is 31.2 Å². The summed E-state index contributed by atoms with van der Waals surface area (Å²) in [7, 11) is -4.18. The third-order valence-corrected chi connectivity index (χ3v) is 5.00. The van der Waals surface area contributed by atoms with Crippen molar-refractivity contribution in [1.82, 2.24) is 5.16 Å². The fourth-order valence-electron chi connectivity index (χ4n) is 2.78. The molecule has 0 saturated carbocycles. The lowest BCUT2D eigenvalue weighted by Gasteiger charge is -2.09. The number of nitrogens with zero attached hydrogens (tertiary/aromatic N) is 1. The molecule has 9 heteroatoms. The molecular weight excluding hydrogens is 386 g/mol. The standard InChI is InChI=1S/C18H13F4NO3S/c1-9-4-3-5-10(6-9)15-14(16(18(21)22)26-23-15)11-7-12(19)17(13(20)8-11)27(2,24)25/h3-8,18H,1-2H3. The van der Waals surface area contributed by atoms with Gasteiger partial charge in [0.05, 0.1) is 5.56 Å². The van der Waals surface area contributed by atoms with Gasteiger partial charge in [-0.05, 0) is 30.7 Å². The van der Waals surface area contributed by atoms with Crippen LogP contribution in [0.2, 0.25) is 0 Å². The Balaban J connectivity index is 2.30. The van der Waals surface area contributed by atoms with E-state index in [1.165, 1.54) is 0 Å². The predicted molar refractivity (Wildman–Crippen MR) is 90.1 cm³/mol. The van der Waals surface area contributed by atoms with Crippen molar-refractivity contribution in [2.75, 3.05) is 6.26 Å². The molecule has 2 aromatic carbocycles. The first-order chi connectivity index (χ1) is 12.6. The maximum atomic E-state index is 14.3. The molecule has 0 radical (unpaired) electrons. The first-order valence-electron chi connectivity index (χ1n) is 7.64. The monoisotopic (exact) mass is 399 g/mol. The molecule has 0 aliphatic rings. The number of halogens is 4. The van der Waals surface area contributed by atoms with Crippen LogP contribution in [0.4, 0.5) is 17.6 Å². The summed E-state index contributed by atoms with van der Waals surface area (Å²) >= 11 is 0. The minimum Gasteiger partial charge on any atom is -0.354 e. The number of alkyl halides is 2. The van der Waals surface area contributed by atoms with Crippen molar-refractivity contribution in [3.63, 3.8) is 0 Å². The van der Waals surface area contributed by atoms with E-state index >= 15 is 0 Å². The zero-order valence-corrected chi connectivity index (χ0v) is 15.0. The van der Waals surface area contributed by atoms with Crippen molar-refractivity contribution in [2.24, 2.45) is 0 Å². The molecule has 0 atom stereocenters. The van der Waals surface area contributed by atoms with Gasteiger partial charge < -0.3 is 4.52 Å². The largest absolute Gasteiger partial charge is 0.354 e. The molecule has 1 heterocycles. The van der Waals surface area contributed by atoms with Crippen molar-refractivity contribution in [1.29, 1.82) is 0 Å². The molecule has 4 nitrogen and oxygen atoms in total. The molecule has 142 valence electrons. The maximum absolute atomic E-state index is 14.3. The Morgan fingerprint density at radius 3 is 2.19 bits per heavy atom. The average molecular weight is 399 g/mol. The molecule has 0 saturated heterocycles. The van der Waals surface area contributed by atoms with E-state index in [0.29, 0.717) is 24.0 Å². The fraction of sp³-hybridized carbons (Fsp3) is 0.167. The maximum Gasteiger partial charge on any atom is 0.298 e. The lowest BCUT2D eigenvalue weighted by atomic mass is 9.98. The number of sulfone groups is 1. The third-order valence-electron chi connectivity index (χ3n) is 3.87. The second-order valence-corrected chi connectivity index (χ2v) is 7.93. The minimum atomic E-state index is -4.18. The SMILES string of the molecule is Cc1cccc(-c2noc(C(F)F)c2-c2cc(F)c(S(C)(=O)=O)c(F)c2)c1.